The summed E-state index contributed by atoms with van der Waals surface area (Å²) in [6, 6.07) is 5.36. The van der Waals surface area contributed by atoms with Crippen molar-refractivity contribution in [3.63, 3.8) is 0 Å². The van der Waals surface area contributed by atoms with E-state index in [1.807, 2.05) is 13.0 Å². The molecule has 3 rings (SSSR count). The number of anilines is 1. The highest BCUT2D eigenvalue weighted by Crippen LogP contribution is 2.25. The van der Waals surface area contributed by atoms with Crippen LogP contribution in [0.15, 0.2) is 28.2 Å². The normalized spacial score (nSPS) is 14.3. The molecular weight excluding hydrogens is 346 g/mol. The van der Waals surface area contributed by atoms with Gasteiger partial charge in [-0.15, -0.1) is 0 Å². The van der Waals surface area contributed by atoms with Crippen LogP contribution in [-0.2, 0) is 17.6 Å². The molecule has 5 nitrogen and oxygen atoms in total. The predicted molar refractivity (Wildman–Crippen MR) is 97.0 cm³/mol. The van der Waals surface area contributed by atoms with Gasteiger partial charge in [-0.05, 0) is 50.8 Å². The van der Waals surface area contributed by atoms with Crippen molar-refractivity contribution in [2.45, 2.75) is 43.5 Å². The number of aromatic nitrogens is 2. The minimum Gasteiger partial charge on any atom is -0.325 e. The van der Waals surface area contributed by atoms with Gasteiger partial charge in [-0.2, -0.15) is 0 Å². The molecule has 0 fully saturated rings. The molecule has 0 aliphatic heterocycles. The highest BCUT2D eigenvalue weighted by atomic mass is 35.5. The smallest absolute Gasteiger partial charge is 0.254 e. The molecule has 1 heterocycles. The Hall–Kier alpha value is -1.79. The number of carbonyl (C=O) groups is 1. The number of nitrogens with zero attached hydrogens (tertiary/aromatic N) is 1. The Morgan fingerprint density at radius 3 is 3.00 bits per heavy atom. The van der Waals surface area contributed by atoms with E-state index in [9.17, 15) is 9.59 Å². The quantitative estimate of drug-likeness (QED) is 0.645. The van der Waals surface area contributed by atoms with Gasteiger partial charge in [0.15, 0.2) is 5.16 Å². The van der Waals surface area contributed by atoms with Gasteiger partial charge in [-0.1, -0.05) is 29.4 Å². The number of thioether (sulfide) groups is 1. The van der Waals surface area contributed by atoms with E-state index >= 15 is 0 Å². The summed E-state index contributed by atoms with van der Waals surface area (Å²) in [7, 11) is 0. The van der Waals surface area contributed by atoms with Crippen LogP contribution in [0, 0.1) is 6.92 Å². The molecule has 1 aromatic heterocycles. The Morgan fingerprint density at radius 2 is 2.21 bits per heavy atom. The van der Waals surface area contributed by atoms with Crippen LogP contribution in [0.5, 0.6) is 0 Å². The monoisotopic (exact) mass is 363 g/mol. The minimum atomic E-state index is -0.397. The number of benzene rings is 1. The van der Waals surface area contributed by atoms with Crippen LogP contribution >= 0.6 is 23.4 Å². The van der Waals surface area contributed by atoms with E-state index in [2.05, 4.69) is 15.3 Å². The molecule has 0 unspecified atom stereocenters. The van der Waals surface area contributed by atoms with Crippen LogP contribution < -0.4 is 10.9 Å². The molecule has 24 heavy (non-hydrogen) atoms. The summed E-state index contributed by atoms with van der Waals surface area (Å²) in [5, 5.41) is 3.54. The second-order valence-electron chi connectivity index (χ2n) is 5.86. The lowest BCUT2D eigenvalue weighted by molar-refractivity contribution is -0.115. The van der Waals surface area contributed by atoms with Crippen LogP contribution in [0.1, 0.15) is 30.2 Å². The van der Waals surface area contributed by atoms with Gasteiger partial charge in [-0.25, -0.2) is 4.98 Å². The maximum atomic E-state index is 12.4. The Bertz CT molecular complexity index is 850. The fourth-order valence-electron chi connectivity index (χ4n) is 2.66. The largest absolute Gasteiger partial charge is 0.325 e. The van der Waals surface area contributed by atoms with Gasteiger partial charge < -0.3 is 10.3 Å². The van der Waals surface area contributed by atoms with E-state index < -0.39 is 5.25 Å². The average molecular weight is 364 g/mol. The topological polar surface area (TPSA) is 74.8 Å². The summed E-state index contributed by atoms with van der Waals surface area (Å²) in [6.45, 7) is 3.69. The van der Waals surface area contributed by atoms with Crippen molar-refractivity contribution < 1.29 is 4.79 Å². The molecule has 1 atom stereocenters. The Labute approximate surface area is 149 Å². The number of amides is 1. The maximum Gasteiger partial charge on any atom is 0.254 e. The van der Waals surface area contributed by atoms with Gasteiger partial charge in [0.1, 0.15) is 0 Å². The van der Waals surface area contributed by atoms with E-state index in [1.165, 1.54) is 11.8 Å². The van der Waals surface area contributed by atoms with Gasteiger partial charge in [0.25, 0.3) is 5.56 Å². The molecule has 0 spiro atoms. The number of hydrogen-bond acceptors (Lipinski definition) is 4. The summed E-state index contributed by atoms with van der Waals surface area (Å²) in [6.07, 6.45) is 2.57. The number of aryl methyl sites for hydroxylation is 2. The van der Waals surface area contributed by atoms with Crippen molar-refractivity contribution in [1.29, 1.82) is 0 Å². The second-order valence-corrected chi connectivity index (χ2v) is 7.62. The second kappa shape index (κ2) is 6.99. The lowest BCUT2D eigenvalue weighted by Crippen LogP contribution is -2.24. The fraction of sp³-hybridized carbons (Fsp3) is 0.353. The van der Waals surface area contributed by atoms with Crippen molar-refractivity contribution in [3.05, 3.63) is 50.4 Å². The molecule has 1 aromatic carbocycles. The highest BCUT2D eigenvalue weighted by molar-refractivity contribution is 8.00. The first kappa shape index (κ1) is 17.0. The van der Waals surface area contributed by atoms with Crippen molar-refractivity contribution in [3.8, 4) is 0 Å². The van der Waals surface area contributed by atoms with Crippen molar-refractivity contribution in [2.24, 2.45) is 0 Å². The van der Waals surface area contributed by atoms with Crippen LogP contribution in [0.4, 0.5) is 5.69 Å². The van der Waals surface area contributed by atoms with E-state index in [-0.39, 0.29) is 11.5 Å². The van der Waals surface area contributed by atoms with E-state index in [1.54, 1.807) is 19.1 Å². The summed E-state index contributed by atoms with van der Waals surface area (Å²) in [4.78, 5) is 31.7. The molecule has 7 heteroatoms. The van der Waals surface area contributed by atoms with Crippen LogP contribution in [0.25, 0.3) is 0 Å². The van der Waals surface area contributed by atoms with Crippen molar-refractivity contribution in [2.75, 3.05) is 5.32 Å². The zero-order chi connectivity index (χ0) is 17.3. The average Bonchev–Trinajstić information content (AvgIpc) is 2.99. The Kier molecular flexibility index (Phi) is 4.96. The zero-order valence-corrected chi connectivity index (χ0v) is 15.1. The first-order valence-corrected chi connectivity index (χ1v) is 9.05. The first-order chi connectivity index (χ1) is 11.4. The van der Waals surface area contributed by atoms with Gasteiger partial charge >= 0.3 is 0 Å². The SMILES string of the molecule is Cc1ccc(Cl)cc1NC(=O)[C@H](C)Sc1nc2c(c(=O)[nH]1)CCC2. The van der Waals surface area contributed by atoms with Crippen LogP contribution in [0.3, 0.4) is 0 Å². The molecule has 126 valence electrons. The number of nitrogens with one attached hydrogen (secondary N) is 2. The molecular formula is C17H18ClN3O2S. The van der Waals surface area contributed by atoms with E-state index in [0.717, 1.165) is 36.1 Å². The van der Waals surface area contributed by atoms with Gasteiger partial charge in [-0.3, -0.25) is 9.59 Å². The lowest BCUT2D eigenvalue weighted by Gasteiger charge is -2.13. The molecule has 0 saturated carbocycles. The van der Waals surface area contributed by atoms with Crippen molar-refractivity contribution in [1.82, 2.24) is 9.97 Å². The minimum absolute atomic E-state index is 0.0849. The first-order valence-electron chi connectivity index (χ1n) is 7.80. The molecule has 2 aromatic rings. The third-order valence-electron chi connectivity index (χ3n) is 4.03. The number of rotatable bonds is 4. The number of fused-ring (bicyclic) bond motifs is 1. The van der Waals surface area contributed by atoms with E-state index in [4.69, 9.17) is 11.6 Å². The number of aromatic amines is 1. The van der Waals surface area contributed by atoms with Gasteiger partial charge in [0.05, 0.1) is 10.9 Å². The van der Waals surface area contributed by atoms with Crippen LogP contribution in [-0.4, -0.2) is 21.1 Å². The van der Waals surface area contributed by atoms with Crippen LogP contribution in [0.2, 0.25) is 5.02 Å². The third-order valence-corrected chi connectivity index (χ3v) is 5.25. The summed E-state index contributed by atoms with van der Waals surface area (Å²) >= 11 is 7.22. The number of halogens is 1. The Balaban J connectivity index is 1.72. The highest BCUT2D eigenvalue weighted by Gasteiger charge is 2.21. The number of hydrogen-bond donors (Lipinski definition) is 2. The zero-order valence-electron chi connectivity index (χ0n) is 13.5. The summed E-state index contributed by atoms with van der Waals surface area (Å²) < 4.78 is 0. The molecule has 0 radical (unpaired) electrons. The molecule has 1 amide bonds. The molecule has 1 aliphatic carbocycles. The van der Waals surface area contributed by atoms with E-state index in [0.29, 0.717) is 15.9 Å². The predicted octanol–water partition coefficient (Wildman–Crippen LogP) is 3.34. The summed E-state index contributed by atoms with van der Waals surface area (Å²) in [5.41, 5.74) is 3.19. The molecule has 0 bridgehead atoms. The van der Waals surface area contributed by atoms with Gasteiger partial charge in [0, 0.05) is 16.3 Å². The summed E-state index contributed by atoms with van der Waals surface area (Å²) in [5.74, 6) is -0.159. The maximum absolute atomic E-state index is 12.4. The molecule has 2 N–H and O–H groups in total. The third kappa shape index (κ3) is 3.65. The fourth-order valence-corrected chi connectivity index (χ4v) is 3.65. The van der Waals surface area contributed by atoms with Crippen molar-refractivity contribution >= 4 is 35.0 Å². The molecule has 0 saturated heterocycles. The number of carbonyl (C=O) groups excluding carboxylic acids is 1. The van der Waals surface area contributed by atoms with Gasteiger partial charge in [0.2, 0.25) is 5.91 Å². The standard InChI is InChI=1S/C17H18ClN3O2S/c1-9-6-7-11(18)8-14(9)19-15(22)10(2)24-17-20-13-5-3-4-12(13)16(23)21-17/h6-8,10H,3-5H2,1-2H3,(H,19,22)(H,20,21,23)/t10-/m0/s1. The lowest BCUT2D eigenvalue weighted by atomic mass is 10.2. The Morgan fingerprint density at radius 1 is 1.42 bits per heavy atom. The molecule has 1 aliphatic rings. The number of H-pyrrole nitrogens is 1.